The van der Waals surface area contributed by atoms with E-state index in [0.717, 1.165) is 39.0 Å². The zero-order valence-electron chi connectivity index (χ0n) is 9.43. The molecule has 0 radical (unpaired) electrons. The molecule has 2 heterocycles. The highest BCUT2D eigenvalue weighted by Crippen LogP contribution is 2.31. The van der Waals surface area contributed by atoms with Crippen molar-refractivity contribution in [1.29, 1.82) is 0 Å². The van der Waals surface area contributed by atoms with Gasteiger partial charge in [-0.05, 0) is 12.8 Å². The molecule has 3 rings (SSSR count). The molecule has 1 N–H and O–H groups in total. The minimum Gasteiger partial charge on any atom is -0.314 e. The first kappa shape index (κ1) is 11.0. The molecule has 3 fully saturated rings. The number of hydrogen-bond acceptors (Lipinski definition) is 4. The van der Waals surface area contributed by atoms with Crippen LogP contribution >= 0.6 is 0 Å². The number of sulfonamides is 1. The van der Waals surface area contributed by atoms with Gasteiger partial charge in [0.05, 0.1) is 5.25 Å². The van der Waals surface area contributed by atoms with Crippen molar-refractivity contribution in [3.8, 4) is 0 Å². The summed E-state index contributed by atoms with van der Waals surface area (Å²) in [6.45, 7) is 5.31. The van der Waals surface area contributed by atoms with E-state index in [2.05, 4.69) is 10.2 Å². The smallest absolute Gasteiger partial charge is 0.217 e. The van der Waals surface area contributed by atoms with Gasteiger partial charge in [0, 0.05) is 45.3 Å². The van der Waals surface area contributed by atoms with Crippen LogP contribution in [0.25, 0.3) is 0 Å². The van der Waals surface area contributed by atoms with Crippen LogP contribution in [-0.2, 0) is 10.0 Å². The maximum atomic E-state index is 12.0. The van der Waals surface area contributed by atoms with Gasteiger partial charge in [-0.3, -0.25) is 4.90 Å². The van der Waals surface area contributed by atoms with E-state index in [4.69, 9.17) is 0 Å². The first-order valence-corrected chi connectivity index (χ1v) is 7.62. The second-order valence-corrected chi connectivity index (χ2v) is 7.20. The van der Waals surface area contributed by atoms with E-state index >= 15 is 0 Å². The fourth-order valence-corrected chi connectivity index (χ4v) is 4.26. The Morgan fingerprint density at radius 2 is 1.62 bits per heavy atom. The van der Waals surface area contributed by atoms with Crippen molar-refractivity contribution < 1.29 is 8.42 Å². The Labute approximate surface area is 96.8 Å². The summed E-state index contributed by atoms with van der Waals surface area (Å²) in [4.78, 5) is 2.41. The third-order valence-corrected chi connectivity index (χ3v) is 6.25. The molecular formula is C10H19N3O2S. The van der Waals surface area contributed by atoms with Gasteiger partial charge in [-0.1, -0.05) is 0 Å². The molecule has 0 atom stereocenters. The molecule has 3 aliphatic rings. The lowest BCUT2D eigenvalue weighted by molar-refractivity contribution is 0.103. The molecule has 6 heteroatoms. The van der Waals surface area contributed by atoms with Crippen LogP contribution in [0.4, 0.5) is 0 Å². The topological polar surface area (TPSA) is 52.7 Å². The second kappa shape index (κ2) is 3.94. The number of nitrogens with one attached hydrogen (secondary N) is 1. The van der Waals surface area contributed by atoms with Crippen LogP contribution in [0.2, 0.25) is 0 Å². The molecule has 1 aliphatic carbocycles. The molecule has 2 aliphatic heterocycles. The normalized spacial score (nSPS) is 30.2. The van der Waals surface area contributed by atoms with Gasteiger partial charge >= 0.3 is 0 Å². The fourth-order valence-electron chi connectivity index (χ4n) is 2.43. The Kier molecular flexibility index (Phi) is 2.70. The summed E-state index contributed by atoms with van der Waals surface area (Å²) in [6.07, 6.45) is 1.74. The number of rotatable bonds is 3. The van der Waals surface area contributed by atoms with Gasteiger partial charge in [0.2, 0.25) is 10.0 Å². The number of piperazine rings is 1. The van der Waals surface area contributed by atoms with Crippen LogP contribution in [0.1, 0.15) is 12.8 Å². The van der Waals surface area contributed by atoms with Gasteiger partial charge in [0.1, 0.15) is 0 Å². The summed E-state index contributed by atoms with van der Waals surface area (Å²) in [5.41, 5.74) is 0. The van der Waals surface area contributed by atoms with Crippen molar-refractivity contribution in [1.82, 2.24) is 14.5 Å². The largest absolute Gasteiger partial charge is 0.314 e. The van der Waals surface area contributed by atoms with E-state index in [-0.39, 0.29) is 5.25 Å². The minimum absolute atomic E-state index is 0.0515. The van der Waals surface area contributed by atoms with Gasteiger partial charge < -0.3 is 5.32 Å². The van der Waals surface area contributed by atoms with Crippen molar-refractivity contribution in [2.75, 3.05) is 39.3 Å². The van der Waals surface area contributed by atoms with Crippen molar-refractivity contribution >= 4 is 10.0 Å². The van der Waals surface area contributed by atoms with Crippen molar-refractivity contribution in [3.05, 3.63) is 0 Å². The predicted octanol–water partition coefficient (Wildman–Crippen LogP) is -0.932. The molecule has 0 amide bonds. The van der Waals surface area contributed by atoms with E-state index in [1.807, 2.05) is 0 Å². The third kappa shape index (κ3) is 1.88. The lowest BCUT2D eigenvalue weighted by Gasteiger charge is -2.42. The van der Waals surface area contributed by atoms with Crippen LogP contribution in [0.15, 0.2) is 0 Å². The van der Waals surface area contributed by atoms with Gasteiger partial charge in [-0.25, -0.2) is 8.42 Å². The number of hydrogen-bond donors (Lipinski definition) is 1. The Hall–Kier alpha value is -0.170. The molecule has 0 spiro atoms. The predicted molar refractivity (Wildman–Crippen MR) is 61.7 cm³/mol. The quantitative estimate of drug-likeness (QED) is 0.698. The van der Waals surface area contributed by atoms with E-state index < -0.39 is 10.0 Å². The zero-order valence-corrected chi connectivity index (χ0v) is 10.2. The monoisotopic (exact) mass is 245 g/mol. The van der Waals surface area contributed by atoms with Crippen molar-refractivity contribution in [2.45, 2.75) is 24.1 Å². The van der Waals surface area contributed by atoms with Crippen LogP contribution in [0.3, 0.4) is 0 Å². The average molecular weight is 245 g/mol. The molecule has 0 bridgehead atoms. The first-order valence-electron chi connectivity index (χ1n) is 6.11. The summed E-state index contributed by atoms with van der Waals surface area (Å²) in [7, 11) is -2.94. The zero-order chi connectivity index (χ0) is 11.2. The molecule has 0 unspecified atom stereocenters. The Balaban J connectivity index is 1.57. The Morgan fingerprint density at radius 1 is 1.00 bits per heavy atom. The first-order chi connectivity index (χ1) is 7.68. The van der Waals surface area contributed by atoms with Gasteiger partial charge in [-0.2, -0.15) is 4.31 Å². The second-order valence-electron chi connectivity index (χ2n) is 4.99. The van der Waals surface area contributed by atoms with E-state index in [1.54, 1.807) is 4.31 Å². The molecule has 92 valence electrons. The van der Waals surface area contributed by atoms with Gasteiger partial charge in [0.15, 0.2) is 0 Å². The molecule has 1 saturated carbocycles. The van der Waals surface area contributed by atoms with Crippen LogP contribution in [0, 0.1) is 0 Å². The van der Waals surface area contributed by atoms with Crippen LogP contribution in [0.5, 0.6) is 0 Å². The number of nitrogens with zero attached hydrogens (tertiary/aromatic N) is 2. The Morgan fingerprint density at radius 3 is 2.06 bits per heavy atom. The standard InChI is InChI=1S/C10H19N3O2S/c14-16(15,10-1-2-10)13-5-3-12(4-6-13)9-7-11-8-9/h9-11H,1-8H2. The molecule has 0 aromatic carbocycles. The van der Waals surface area contributed by atoms with Gasteiger partial charge in [-0.15, -0.1) is 0 Å². The van der Waals surface area contributed by atoms with E-state index in [0.29, 0.717) is 19.1 Å². The molecule has 2 saturated heterocycles. The fraction of sp³-hybridized carbons (Fsp3) is 1.00. The third-order valence-electron chi connectivity index (χ3n) is 3.86. The maximum absolute atomic E-state index is 12.0. The minimum atomic E-state index is -2.94. The molecule has 16 heavy (non-hydrogen) atoms. The van der Waals surface area contributed by atoms with Crippen molar-refractivity contribution in [2.24, 2.45) is 0 Å². The average Bonchev–Trinajstić information content (AvgIpc) is 2.99. The summed E-state index contributed by atoms with van der Waals surface area (Å²) < 4.78 is 25.7. The van der Waals surface area contributed by atoms with Crippen LogP contribution < -0.4 is 5.32 Å². The lowest BCUT2D eigenvalue weighted by Crippen LogP contribution is -2.62. The molecule has 5 nitrogen and oxygen atoms in total. The summed E-state index contributed by atoms with van der Waals surface area (Å²) in [6, 6.07) is 0.644. The van der Waals surface area contributed by atoms with E-state index in [1.165, 1.54) is 0 Å². The maximum Gasteiger partial charge on any atom is 0.217 e. The highest BCUT2D eigenvalue weighted by atomic mass is 32.2. The van der Waals surface area contributed by atoms with E-state index in [9.17, 15) is 8.42 Å². The molecular weight excluding hydrogens is 226 g/mol. The van der Waals surface area contributed by atoms with Crippen molar-refractivity contribution in [3.63, 3.8) is 0 Å². The molecule has 0 aromatic rings. The Bertz CT molecular complexity index is 354. The summed E-state index contributed by atoms with van der Waals surface area (Å²) >= 11 is 0. The van der Waals surface area contributed by atoms with Gasteiger partial charge in [0.25, 0.3) is 0 Å². The summed E-state index contributed by atoms with van der Waals surface area (Å²) in [5, 5.41) is 3.20. The summed E-state index contributed by atoms with van der Waals surface area (Å²) in [5.74, 6) is 0. The lowest BCUT2D eigenvalue weighted by atomic mass is 10.1. The highest BCUT2D eigenvalue weighted by Gasteiger charge is 2.41. The SMILES string of the molecule is O=S(=O)(C1CC1)N1CCN(C2CNC2)CC1. The molecule has 0 aromatic heterocycles. The van der Waals surface area contributed by atoms with Crippen LogP contribution in [-0.4, -0.2) is 68.2 Å². The highest BCUT2D eigenvalue weighted by molar-refractivity contribution is 7.90.